The second kappa shape index (κ2) is 9.19. The first-order chi connectivity index (χ1) is 14.4. The quantitative estimate of drug-likeness (QED) is 0.593. The molecule has 0 unspecified atom stereocenters. The molecule has 152 valence electrons. The molecule has 2 aromatic rings. The van der Waals surface area contributed by atoms with Gasteiger partial charge in [0.25, 0.3) is 0 Å². The molecule has 2 aromatic carbocycles. The van der Waals surface area contributed by atoms with Crippen molar-refractivity contribution >= 4 is 11.6 Å². The molecule has 0 amide bonds. The number of hydrogen-bond acceptors (Lipinski definition) is 3. The van der Waals surface area contributed by atoms with E-state index in [-0.39, 0.29) is 0 Å². The Kier molecular flexibility index (Phi) is 6.43. The number of benzene rings is 2. The molecule has 4 N–H and O–H groups in total. The van der Waals surface area contributed by atoms with Crippen LogP contribution >= 0.6 is 0 Å². The van der Waals surface area contributed by atoms with Crippen molar-refractivity contribution in [1.29, 1.82) is 0 Å². The predicted molar refractivity (Wildman–Crippen MR) is 127 cm³/mol. The van der Waals surface area contributed by atoms with E-state index < -0.39 is 0 Å². The van der Waals surface area contributed by atoms with Crippen molar-refractivity contribution in [1.82, 2.24) is 0 Å². The Hall–Kier alpha value is -3.72. The Labute approximate surface area is 179 Å². The molecule has 0 bridgehead atoms. The molecule has 3 heteroatoms. The van der Waals surface area contributed by atoms with E-state index in [2.05, 4.69) is 50.1 Å². The lowest BCUT2D eigenvalue weighted by Gasteiger charge is -2.08. The summed E-state index contributed by atoms with van der Waals surface area (Å²) in [5, 5.41) is 0. The summed E-state index contributed by atoms with van der Waals surface area (Å²) in [7, 11) is 0. The first-order valence-electron chi connectivity index (χ1n) is 9.83. The van der Waals surface area contributed by atoms with Gasteiger partial charge >= 0.3 is 0 Å². The van der Waals surface area contributed by atoms with Crippen LogP contribution in [0, 0.1) is 0 Å². The maximum Gasteiger partial charge on any atom is 0.120 e. The van der Waals surface area contributed by atoms with Crippen LogP contribution in [0.5, 0.6) is 5.75 Å². The number of rotatable bonds is 7. The van der Waals surface area contributed by atoms with Crippen LogP contribution in [0.1, 0.15) is 29.2 Å². The Bertz CT molecular complexity index is 1080. The van der Waals surface area contributed by atoms with Gasteiger partial charge in [-0.1, -0.05) is 62.2 Å². The summed E-state index contributed by atoms with van der Waals surface area (Å²) in [4.78, 5) is 0. The number of hydrogen-bond donors (Lipinski definition) is 2. The van der Waals surface area contributed by atoms with Crippen LogP contribution in [-0.2, 0) is 13.0 Å². The van der Waals surface area contributed by atoms with Crippen molar-refractivity contribution in [3.8, 4) is 5.75 Å². The lowest BCUT2D eigenvalue weighted by Crippen LogP contribution is -1.96. The molecule has 1 aliphatic rings. The van der Waals surface area contributed by atoms with Gasteiger partial charge in [0.1, 0.15) is 12.4 Å². The Morgan fingerprint density at radius 1 is 1.17 bits per heavy atom. The first-order valence-corrected chi connectivity index (χ1v) is 9.83. The van der Waals surface area contributed by atoms with Crippen LogP contribution in [0.4, 0.5) is 0 Å². The summed E-state index contributed by atoms with van der Waals surface area (Å²) in [5.41, 5.74) is 20.6. The third kappa shape index (κ3) is 4.81. The molecule has 0 saturated heterocycles. The first kappa shape index (κ1) is 21.0. The van der Waals surface area contributed by atoms with Crippen molar-refractivity contribution in [3.05, 3.63) is 125 Å². The van der Waals surface area contributed by atoms with Crippen LogP contribution in [-0.4, -0.2) is 0 Å². The largest absolute Gasteiger partial charge is 0.489 e. The SMILES string of the molecule is C=Cc1ccc(COc2ccc3c(c2)C\C(=C/C(=C/C(=C)N)C(/C)=C\N)C3=C)cc1. The van der Waals surface area contributed by atoms with Gasteiger partial charge < -0.3 is 16.2 Å². The van der Waals surface area contributed by atoms with Crippen LogP contribution < -0.4 is 16.2 Å². The van der Waals surface area contributed by atoms with Crippen molar-refractivity contribution in [2.45, 2.75) is 20.0 Å². The Morgan fingerprint density at radius 2 is 1.90 bits per heavy atom. The van der Waals surface area contributed by atoms with Gasteiger partial charge in [-0.3, -0.25) is 0 Å². The number of fused-ring (bicyclic) bond motifs is 1. The third-order valence-electron chi connectivity index (χ3n) is 5.17. The molecule has 0 saturated carbocycles. The van der Waals surface area contributed by atoms with Crippen LogP contribution in [0.15, 0.2) is 103 Å². The van der Waals surface area contributed by atoms with E-state index in [9.17, 15) is 0 Å². The van der Waals surface area contributed by atoms with E-state index in [4.69, 9.17) is 16.2 Å². The molecular formula is C27H28N2O. The fourth-order valence-corrected chi connectivity index (χ4v) is 3.39. The highest BCUT2D eigenvalue weighted by Crippen LogP contribution is 2.38. The molecule has 0 aliphatic heterocycles. The molecule has 30 heavy (non-hydrogen) atoms. The van der Waals surface area contributed by atoms with Gasteiger partial charge in [-0.25, -0.2) is 0 Å². The van der Waals surface area contributed by atoms with E-state index in [0.717, 1.165) is 51.2 Å². The van der Waals surface area contributed by atoms with Gasteiger partial charge in [0.2, 0.25) is 0 Å². The zero-order chi connectivity index (χ0) is 21.7. The summed E-state index contributed by atoms with van der Waals surface area (Å²) in [6.45, 7) is 14.3. The second-order valence-electron chi connectivity index (χ2n) is 7.40. The highest BCUT2D eigenvalue weighted by atomic mass is 16.5. The normalized spacial score (nSPS) is 15.2. The lowest BCUT2D eigenvalue weighted by molar-refractivity contribution is 0.306. The average Bonchev–Trinajstić information content (AvgIpc) is 3.06. The standard InChI is InChI=1S/C27H28N2O/c1-5-21-6-8-22(9-7-21)17-30-26-10-11-27-20(4)24(14-25(27)15-26)13-23(12-19(3)29)18(2)16-28/h5-13,15-16H,1,3-4,14,17,28-29H2,2H3/b18-16-,23-12-,24-13+. The maximum absolute atomic E-state index is 6.01. The molecule has 0 atom stereocenters. The molecule has 0 spiro atoms. The van der Waals surface area contributed by atoms with Crippen LogP contribution in [0.3, 0.4) is 0 Å². The van der Waals surface area contributed by atoms with Crippen molar-refractivity contribution in [3.63, 3.8) is 0 Å². The summed E-state index contributed by atoms with van der Waals surface area (Å²) in [6.07, 6.45) is 8.10. The van der Waals surface area contributed by atoms with Gasteiger partial charge in [-0.05, 0) is 82.3 Å². The average molecular weight is 397 g/mol. The third-order valence-corrected chi connectivity index (χ3v) is 5.17. The van der Waals surface area contributed by atoms with E-state index in [0.29, 0.717) is 12.3 Å². The molecule has 0 radical (unpaired) electrons. The minimum atomic E-state index is 0.487. The summed E-state index contributed by atoms with van der Waals surface area (Å²) >= 11 is 0. The fraction of sp³-hybridized carbons (Fsp3) is 0.111. The molecule has 0 aromatic heterocycles. The monoisotopic (exact) mass is 396 g/mol. The predicted octanol–water partition coefficient (Wildman–Crippen LogP) is 5.67. The topological polar surface area (TPSA) is 61.3 Å². The zero-order valence-electron chi connectivity index (χ0n) is 17.4. The Balaban J connectivity index is 1.78. The summed E-state index contributed by atoms with van der Waals surface area (Å²) in [6, 6.07) is 14.3. The Morgan fingerprint density at radius 3 is 2.53 bits per heavy atom. The minimum absolute atomic E-state index is 0.487. The minimum Gasteiger partial charge on any atom is -0.489 e. The van der Waals surface area contributed by atoms with Gasteiger partial charge in [0.15, 0.2) is 0 Å². The molecule has 1 aliphatic carbocycles. The molecule has 3 rings (SSSR count). The summed E-state index contributed by atoms with van der Waals surface area (Å²) in [5.74, 6) is 0.847. The van der Waals surface area contributed by atoms with Crippen molar-refractivity contribution in [2.75, 3.05) is 0 Å². The van der Waals surface area contributed by atoms with E-state index in [1.807, 2.05) is 37.3 Å². The van der Waals surface area contributed by atoms with E-state index in [1.165, 1.54) is 5.56 Å². The van der Waals surface area contributed by atoms with Crippen molar-refractivity contribution < 1.29 is 4.74 Å². The van der Waals surface area contributed by atoms with Crippen LogP contribution in [0.2, 0.25) is 0 Å². The number of allylic oxidation sites excluding steroid dienone is 6. The fourth-order valence-electron chi connectivity index (χ4n) is 3.39. The highest BCUT2D eigenvalue weighted by molar-refractivity contribution is 5.85. The number of nitrogens with two attached hydrogens (primary N) is 2. The van der Waals surface area contributed by atoms with E-state index >= 15 is 0 Å². The van der Waals surface area contributed by atoms with Crippen LogP contribution in [0.25, 0.3) is 11.6 Å². The zero-order valence-corrected chi connectivity index (χ0v) is 17.4. The van der Waals surface area contributed by atoms with Gasteiger partial charge in [-0.15, -0.1) is 0 Å². The van der Waals surface area contributed by atoms with Gasteiger partial charge in [0.05, 0.1) is 0 Å². The molecular weight excluding hydrogens is 368 g/mol. The van der Waals surface area contributed by atoms with Crippen molar-refractivity contribution in [2.24, 2.45) is 11.5 Å². The highest BCUT2D eigenvalue weighted by Gasteiger charge is 2.20. The maximum atomic E-state index is 6.01. The molecule has 0 fully saturated rings. The molecule has 3 nitrogen and oxygen atoms in total. The molecule has 0 heterocycles. The van der Waals surface area contributed by atoms with Gasteiger partial charge in [0, 0.05) is 5.70 Å². The lowest BCUT2D eigenvalue weighted by atomic mass is 10.0. The second-order valence-corrected chi connectivity index (χ2v) is 7.40. The number of ether oxygens (including phenoxy) is 1. The van der Waals surface area contributed by atoms with Gasteiger partial charge in [-0.2, -0.15) is 0 Å². The van der Waals surface area contributed by atoms with E-state index in [1.54, 1.807) is 6.20 Å². The summed E-state index contributed by atoms with van der Waals surface area (Å²) < 4.78 is 6.01. The smallest absolute Gasteiger partial charge is 0.120 e.